The Labute approximate surface area is 162 Å². The van der Waals surface area contributed by atoms with Crippen molar-refractivity contribution < 1.29 is 4.79 Å². The van der Waals surface area contributed by atoms with Crippen molar-refractivity contribution in [3.05, 3.63) is 21.2 Å². The molecule has 2 aromatic heterocycles. The zero-order chi connectivity index (χ0) is 18.0. The van der Waals surface area contributed by atoms with E-state index in [1.165, 1.54) is 2.78 Å². The highest BCUT2D eigenvalue weighted by molar-refractivity contribution is 14.1. The van der Waals surface area contributed by atoms with Gasteiger partial charge < -0.3 is 10.2 Å². The summed E-state index contributed by atoms with van der Waals surface area (Å²) in [6.45, 7) is 4.96. The Hall–Kier alpha value is -1.46. The van der Waals surface area contributed by atoms with Crippen LogP contribution in [0.15, 0.2) is 4.79 Å². The minimum absolute atomic E-state index is 0.155. The van der Waals surface area contributed by atoms with Crippen LogP contribution < -0.4 is 15.9 Å². The first-order chi connectivity index (χ1) is 11.8. The Morgan fingerprint density at radius 2 is 2.00 bits per heavy atom. The molecule has 132 valence electrons. The molecule has 0 saturated carbocycles. The van der Waals surface area contributed by atoms with Gasteiger partial charge in [0.15, 0.2) is 5.65 Å². The van der Waals surface area contributed by atoms with Gasteiger partial charge >= 0.3 is 5.69 Å². The average molecular weight is 475 g/mol. The van der Waals surface area contributed by atoms with E-state index < -0.39 is 11.7 Å². The first kappa shape index (κ1) is 17.0. The van der Waals surface area contributed by atoms with Crippen molar-refractivity contribution in [1.29, 1.82) is 0 Å². The number of carbonyl (C=O) groups excluding carboxylic acids is 1. The van der Waals surface area contributed by atoms with E-state index in [4.69, 9.17) is 11.6 Å². The van der Waals surface area contributed by atoms with E-state index in [1.54, 1.807) is 6.92 Å². The SMILES string of the molecule is Cc1nc2c3c(nc(=O)n2I)N2CC(C)N(C)CC2C(=O)Nc3c1Cl. The van der Waals surface area contributed by atoms with Gasteiger partial charge in [-0.15, -0.1) is 0 Å². The molecule has 2 aliphatic rings. The first-order valence-corrected chi connectivity index (χ1v) is 9.20. The Morgan fingerprint density at radius 1 is 1.28 bits per heavy atom. The number of amides is 1. The number of carbonyl (C=O) groups is 1. The molecule has 2 unspecified atom stereocenters. The van der Waals surface area contributed by atoms with Gasteiger partial charge in [0, 0.05) is 19.1 Å². The van der Waals surface area contributed by atoms with Gasteiger partial charge in [-0.2, -0.15) is 4.98 Å². The second-order valence-corrected chi connectivity index (χ2v) is 7.87. The minimum atomic E-state index is -0.440. The number of nitrogens with zero attached hydrogens (tertiary/aromatic N) is 5. The van der Waals surface area contributed by atoms with Crippen molar-refractivity contribution in [2.24, 2.45) is 0 Å². The summed E-state index contributed by atoms with van der Waals surface area (Å²) >= 11 is 8.31. The Kier molecular flexibility index (Phi) is 3.92. The number of fused-ring (bicyclic) bond motifs is 2. The van der Waals surface area contributed by atoms with Crippen LogP contribution in [0.3, 0.4) is 0 Å². The number of rotatable bonds is 0. The molecule has 0 bridgehead atoms. The van der Waals surface area contributed by atoms with Crippen molar-refractivity contribution in [1.82, 2.24) is 17.6 Å². The fraction of sp³-hybridized carbons (Fsp3) is 0.467. The maximum absolute atomic E-state index is 12.9. The van der Waals surface area contributed by atoms with E-state index in [1.807, 2.05) is 34.8 Å². The fourth-order valence-electron chi connectivity index (χ4n) is 3.39. The lowest BCUT2D eigenvalue weighted by molar-refractivity contribution is -0.118. The number of aryl methyl sites for hydroxylation is 1. The number of pyridine rings is 1. The molecular weight excluding hydrogens is 459 g/mol. The Balaban J connectivity index is 2.09. The van der Waals surface area contributed by atoms with Gasteiger partial charge in [-0.25, -0.2) is 12.6 Å². The van der Waals surface area contributed by atoms with E-state index in [0.717, 1.165) is 0 Å². The summed E-state index contributed by atoms with van der Waals surface area (Å²) in [5, 5.41) is 3.92. The topological polar surface area (TPSA) is 83.4 Å². The van der Waals surface area contributed by atoms with Gasteiger partial charge in [0.05, 0.1) is 44.7 Å². The molecule has 8 nitrogen and oxygen atoms in total. The molecule has 0 aliphatic carbocycles. The van der Waals surface area contributed by atoms with Crippen LogP contribution >= 0.6 is 34.5 Å². The number of nitrogens with one attached hydrogen (secondary N) is 1. The summed E-state index contributed by atoms with van der Waals surface area (Å²) < 4.78 is 1.36. The summed E-state index contributed by atoms with van der Waals surface area (Å²) in [5.41, 5.74) is 1.08. The van der Waals surface area contributed by atoms with Crippen LogP contribution in [-0.2, 0) is 4.79 Å². The second-order valence-electron chi connectivity index (χ2n) is 6.53. The number of likely N-dealkylation sites (N-methyl/N-ethyl adjacent to an activating group) is 1. The van der Waals surface area contributed by atoms with Crippen LogP contribution in [0.4, 0.5) is 11.5 Å². The van der Waals surface area contributed by atoms with Gasteiger partial charge in [-0.1, -0.05) is 11.6 Å². The number of hydrogen-bond acceptors (Lipinski definition) is 6. The van der Waals surface area contributed by atoms with E-state index in [2.05, 4.69) is 27.1 Å². The highest BCUT2D eigenvalue weighted by Gasteiger charge is 2.40. The highest BCUT2D eigenvalue weighted by atomic mass is 127. The number of hydrogen-bond donors (Lipinski definition) is 1. The lowest BCUT2D eigenvalue weighted by Gasteiger charge is -2.42. The molecule has 1 fully saturated rings. The van der Waals surface area contributed by atoms with Crippen LogP contribution in [0.5, 0.6) is 0 Å². The summed E-state index contributed by atoms with van der Waals surface area (Å²) in [5.74, 6) is 0.318. The Bertz CT molecular complexity index is 977. The molecule has 4 rings (SSSR count). The molecule has 10 heteroatoms. The van der Waals surface area contributed by atoms with Crippen molar-refractivity contribution in [3.63, 3.8) is 0 Å². The van der Waals surface area contributed by atoms with Gasteiger partial charge in [-0.3, -0.25) is 9.69 Å². The Morgan fingerprint density at radius 3 is 2.72 bits per heavy atom. The maximum Gasteiger partial charge on any atom is 0.360 e. The lowest BCUT2D eigenvalue weighted by atomic mass is 10.1. The van der Waals surface area contributed by atoms with E-state index in [9.17, 15) is 9.59 Å². The van der Waals surface area contributed by atoms with Crippen molar-refractivity contribution >= 4 is 62.9 Å². The number of halogens is 2. The van der Waals surface area contributed by atoms with Crippen LogP contribution in [-0.4, -0.2) is 55.8 Å². The number of anilines is 2. The average Bonchev–Trinajstić information content (AvgIpc) is 2.67. The molecule has 0 spiro atoms. The van der Waals surface area contributed by atoms with Gasteiger partial charge in [0.1, 0.15) is 11.9 Å². The van der Waals surface area contributed by atoms with Crippen molar-refractivity contribution in [2.45, 2.75) is 25.9 Å². The summed E-state index contributed by atoms with van der Waals surface area (Å²) in [4.78, 5) is 38.0. The standard InChI is InChI=1S/C15H16ClIN6O2/c1-6-4-22-8(5-21(6)3)14(24)19-11-9-12(22)20-15(25)23(17)13(9)18-7(2)10(11)16/h6,8H,4-5H2,1-3H3,(H,19,24). The molecule has 2 atom stereocenters. The molecule has 0 radical (unpaired) electrons. The predicted octanol–water partition coefficient (Wildman–Crippen LogP) is 1.41. The fourth-order valence-corrected chi connectivity index (χ4v) is 4.03. The molecule has 1 saturated heterocycles. The quantitative estimate of drug-likeness (QED) is 0.582. The zero-order valence-electron chi connectivity index (χ0n) is 13.9. The van der Waals surface area contributed by atoms with E-state index in [-0.39, 0.29) is 11.9 Å². The van der Waals surface area contributed by atoms with E-state index >= 15 is 0 Å². The normalized spacial score (nSPS) is 23.4. The third-order valence-corrected chi connectivity index (χ3v) is 6.27. The molecule has 4 heterocycles. The number of aromatic nitrogens is 3. The van der Waals surface area contributed by atoms with Crippen LogP contribution in [0.2, 0.25) is 5.02 Å². The highest BCUT2D eigenvalue weighted by Crippen LogP contribution is 2.40. The zero-order valence-corrected chi connectivity index (χ0v) is 16.8. The van der Waals surface area contributed by atoms with Crippen LogP contribution in [0, 0.1) is 6.92 Å². The smallest absolute Gasteiger partial charge is 0.341 e. The van der Waals surface area contributed by atoms with Crippen molar-refractivity contribution in [3.8, 4) is 0 Å². The minimum Gasteiger partial charge on any atom is -0.341 e. The molecule has 1 amide bonds. The van der Waals surface area contributed by atoms with Crippen LogP contribution in [0.25, 0.3) is 11.0 Å². The third-order valence-electron chi connectivity index (χ3n) is 4.94. The summed E-state index contributed by atoms with van der Waals surface area (Å²) in [7, 11) is 1.98. The largest absolute Gasteiger partial charge is 0.360 e. The summed E-state index contributed by atoms with van der Waals surface area (Å²) in [6.07, 6.45) is 0. The maximum atomic E-state index is 12.9. The molecule has 0 aromatic carbocycles. The van der Waals surface area contributed by atoms with Crippen molar-refractivity contribution in [2.75, 3.05) is 30.4 Å². The van der Waals surface area contributed by atoms with Gasteiger partial charge in [0.25, 0.3) is 0 Å². The third kappa shape index (κ3) is 2.43. The molecule has 2 aromatic rings. The summed E-state index contributed by atoms with van der Waals surface area (Å²) in [6, 6.07) is -0.219. The first-order valence-electron chi connectivity index (χ1n) is 7.86. The van der Waals surface area contributed by atoms with Gasteiger partial charge in [0.2, 0.25) is 5.91 Å². The molecule has 1 N–H and O–H groups in total. The predicted molar refractivity (Wildman–Crippen MR) is 105 cm³/mol. The second kappa shape index (κ2) is 5.78. The van der Waals surface area contributed by atoms with Crippen LogP contribution in [0.1, 0.15) is 12.6 Å². The molecular formula is C15H16ClIN6O2. The monoisotopic (exact) mass is 474 g/mol. The lowest BCUT2D eigenvalue weighted by Crippen LogP contribution is -2.60. The van der Waals surface area contributed by atoms with E-state index in [0.29, 0.717) is 46.3 Å². The number of piperazine rings is 1. The molecule has 2 aliphatic heterocycles. The molecule has 25 heavy (non-hydrogen) atoms. The van der Waals surface area contributed by atoms with Gasteiger partial charge in [-0.05, 0) is 20.9 Å².